The normalized spacial score (nSPS) is 15.5. The first-order valence-electron chi connectivity index (χ1n) is 8.83. The third-order valence-corrected chi connectivity index (χ3v) is 4.69. The maximum Gasteiger partial charge on any atom is 0.234 e. The molecular weight excluding hydrogens is 296 g/mol. The summed E-state index contributed by atoms with van der Waals surface area (Å²) in [6.07, 6.45) is 3.00. The molecule has 1 heterocycles. The van der Waals surface area contributed by atoms with Crippen LogP contribution in [0.15, 0.2) is 54.6 Å². The Bertz CT molecular complexity index is 669. The Morgan fingerprint density at radius 1 is 1.08 bits per heavy atom. The maximum absolute atomic E-state index is 12.3. The number of aryl methyl sites for hydroxylation is 1. The van der Waals surface area contributed by atoms with Gasteiger partial charge in [0.05, 0.1) is 6.54 Å². The van der Waals surface area contributed by atoms with E-state index in [2.05, 4.69) is 65.7 Å². The lowest BCUT2D eigenvalue weighted by atomic mass is 10.00. The summed E-state index contributed by atoms with van der Waals surface area (Å²) >= 11 is 0. The predicted molar refractivity (Wildman–Crippen MR) is 97.8 cm³/mol. The third kappa shape index (κ3) is 4.68. The number of nitrogens with zero attached hydrogens (tertiary/aromatic N) is 1. The van der Waals surface area contributed by atoms with Crippen molar-refractivity contribution < 1.29 is 4.79 Å². The van der Waals surface area contributed by atoms with Gasteiger partial charge in [0.2, 0.25) is 5.91 Å². The third-order valence-electron chi connectivity index (χ3n) is 4.69. The average molecular weight is 322 g/mol. The minimum atomic E-state index is 0.134. The van der Waals surface area contributed by atoms with Gasteiger partial charge in [0.25, 0.3) is 0 Å². The summed E-state index contributed by atoms with van der Waals surface area (Å²) in [5, 5.41) is 3.14. The van der Waals surface area contributed by atoms with Crippen molar-refractivity contribution in [2.45, 2.75) is 38.8 Å². The Morgan fingerprint density at radius 2 is 1.79 bits per heavy atom. The van der Waals surface area contributed by atoms with E-state index >= 15 is 0 Å². The van der Waals surface area contributed by atoms with Crippen LogP contribution >= 0.6 is 0 Å². The van der Waals surface area contributed by atoms with Gasteiger partial charge in [-0.3, -0.25) is 9.69 Å². The lowest BCUT2D eigenvalue weighted by Crippen LogP contribution is -2.42. The van der Waals surface area contributed by atoms with Crippen LogP contribution in [-0.4, -0.2) is 29.9 Å². The molecule has 0 aromatic heterocycles. The quantitative estimate of drug-likeness (QED) is 0.886. The first-order valence-corrected chi connectivity index (χ1v) is 8.83. The monoisotopic (exact) mass is 322 g/mol. The van der Waals surface area contributed by atoms with Crippen LogP contribution in [0.25, 0.3) is 0 Å². The fourth-order valence-corrected chi connectivity index (χ4v) is 3.31. The molecule has 2 aromatic rings. The van der Waals surface area contributed by atoms with Crippen molar-refractivity contribution in [3.05, 3.63) is 71.3 Å². The van der Waals surface area contributed by atoms with Gasteiger partial charge in [-0.25, -0.2) is 0 Å². The first-order chi connectivity index (χ1) is 11.7. The lowest BCUT2D eigenvalue weighted by Gasteiger charge is -2.28. The smallest absolute Gasteiger partial charge is 0.234 e. The number of carbonyl (C=O) groups is 1. The molecule has 24 heavy (non-hydrogen) atoms. The van der Waals surface area contributed by atoms with Crippen molar-refractivity contribution in [2.75, 3.05) is 13.1 Å². The number of hydrogen-bond donors (Lipinski definition) is 1. The molecule has 3 heteroatoms. The van der Waals surface area contributed by atoms with Crippen LogP contribution in [0.5, 0.6) is 0 Å². The van der Waals surface area contributed by atoms with E-state index in [0.29, 0.717) is 6.54 Å². The largest absolute Gasteiger partial charge is 0.353 e. The minimum absolute atomic E-state index is 0.134. The van der Waals surface area contributed by atoms with Gasteiger partial charge in [0, 0.05) is 19.1 Å². The van der Waals surface area contributed by atoms with Gasteiger partial charge in [-0.15, -0.1) is 0 Å². The molecule has 0 fully saturated rings. The van der Waals surface area contributed by atoms with E-state index < -0.39 is 0 Å². The van der Waals surface area contributed by atoms with Crippen molar-refractivity contribution in [3.63, 3.8) is 0 Å². The van der Waals surface area contributed by atoms with Gasteiger partial charge in [0.15, 0.2) is 0 Å². The fraction of sp³-hybridized carbons (Fsp3) is 0.381. The molecule has 1 atom stereocenters. The summed E-state index contributed by atoms with van der Waals surface area (Å²) in [6.45, 7) is 4.42. The number of rotatable bonds is 6. The highest BCUT2D eigenvalue weighted by Gasteiger charge is 2.18. The second-order valence-corrected chi connectivity index (χ2v) is 6.72. The van der Waals surface area contributed by atoms with Gasteiger partial charge in [-0.05, 0) is 42.9 Å². The lowest BCUT2D eigenvalue weighted by molar-refractivity contribution is -0.123. The van der Waals surface area contributed by atoms with E-state index in [9.17, 15) is 4.79 Å². The molecule has 0 radical (unpaired) electrons. The molecule has 126 valence electrons. The maximum atomic E-state index is 12.3. The molecule has 0 saturated carbocycles. The molecule has 1 amide bonds. The van der Waals surface area contributed by atoms with Gasteiger partial charge in [-0.1, -0.05) is 54.6 Å². The molecule has 0 aliphatic carbocycles. The number of amides is 1. The highest BCUT2D eigenvalue weighted by atomic mass is 16.2. The Kier molecular flexibility index (Phi) is 5.65. The van der Waals surface area contributed by atoms with Crippen LogP contribution in [0.1, 0.15) is 30.0 Å². The molecule has 0 saturated heterocycles. The molecule has 3 rings (SSSR count). The van der Waals surface area contributed by atoms with Gasteiger partial charge in [-0.2, -0.15) is 0 Å². The van der Waals surface area contributed by atoms with Crippen LogP contribution in [0.3, 0.4) is 0 Å². The van der Waals surface area contributed by atoms with Crippen LogP contribution in [0.4, 0.5) is 0 Å². The standard InChI is InChI=1S/C21H26N2O/c1-17(11-12-18-7-3-2-4-8-18)22-21(24)16-23-14-13-19-9-5-6-10-20(19)15-23/h2-10,17H,11-16H2,1H3,(H,22,24)/t17-/m0/s1. The topological polar surface area (TPSA) is 32.3 Å². The second kappa shape index (κ2) is 8.11. The zero-order valence-electron chi connectivity index (χ0n) is 14.4. The number of nitrogens with one attached hydrogen (secondary N) is 1. The number of hydrogen-bond acceptors (Lipinski definition) is 2. The van der Waals surface area contributed by atoms with Crippen molar-refractivity contribution in [1.29, 1.82) is 0 Å². The van der Waals surface area contributed by atoms with E-state index in [0.717, 1.165) is 32.4 Å². The van der Waals surface area contributed by atoms with Crippen molar-refractivity contribution in [1.82, 2.24) is 10.2 Å². The van der Waals surface area contributed by atoms with E-state index in [1.165, 1.54) is 16.7 Å². The molecule has 0 bridgehead atoms. The zero-order chi connectivity index (χ0) is 16.8. The molecule has 3 nitrogen and oxygen atoms in total. The molecule has 1 aliphatic rings. The Morgan fingerprint density at radius 3 is 2.58 bits per heavy atom. The zero-order valence-corrected chi connectivity index (χ0v) is 14.4. The van der Waals surface area contributed by atoms with Crippen molar-refractivity contribution >= 4 is 5.91 Å². The summed E-state index contributed by atoms with van der Waals surface area (Å²) in [4.78, 5) is 14.5. The van der Waals surface area contributed by atoms with Gasteiger partial charge in [0.1, 0.15) is 0 Å². The van der Waals surface area contributed by atoms with E-state index in [4.69, 9.17) is 0 Å². The van der Waals surface area contributed by atoms with Crippen LogP contribution in [0, 0.1) is 0 Å². The molecule has 0 spiro atoms. The van der Waals surface area contributed by atoms with Crippen LogP contribution in [-0.2, 0) is 24.2 Å². The number of carbonyl (C=O) groups excluding carboxylic acids is 1. The average Bonchev–Trinajstić information content (AvgIpc) is 2.60. The van der Waals surface area contributed by atoms with Crippen LogP contribution in [0.2, 0.25) is 0 Å². The summed E-state index contributed by atoms with van der Waals surface area (Å²) in [6, 6.07) is 19.2. The molecule has 1 N–H and O–H groups in total. The highest BCUT2D eigenvalue weighted by Crippen LogP contribution is 2.18. The first kappa shape index (κ1) is 16.7. The van der Waals surface area contributed by atoms with Gasteiger partial charge < -0.3 is 5.32 Å². The predicted octanol–water partition coefficient (Wildman–Crippen LogP) is 3.18. The van der Waals surface area contributed by atoms with E-state index in [1.807, 2.05) is 6.07 Å². The molecule has 1 aliphatic heterocycles. The second-order valence-electron chi connectivity index (χ2n) is 6.72. The summed E-state index contributed by atoms with van der Waals surface area (Å²) in [7, 11) is 0. The number of benzene rings is 2. The fourth-order valence-electron chi connectivity index (χ4n) is 3.31. The molecule has 2 aromatic carbocycles. The Balaban J connectivity index is 1.42. The van der Waals surface area contributed by atoms with E-state index in [1.54, 1.807) is 0 Å². The van der Waals surface area contributed by atoms with E-state index in [-0.39, 0.29) is 11.9 Å². The number of fused-ring (bicyclic) bond motifs is 1. The summed E-state index contributed by atoms with van der Waals surface area (Å²) in [5.74, 6) is 0.134. The van der Waals surface area contributed by atoms with Crippen LogP contribution < -0.4 is 5.32 Å². The summed E-state index contributed by atoms with van der Waals surface area (Å²) in [5.41, 5.74) is 4.10. The van der Waals surface area contributed by atoms with Gasteiger partial charge >= 0.3 is 0 Å². The molecule has 0 unspecified atom stereocenters. The minimum Gasteiger partial charge on any atom is -0.353 e. The Labute approximate surface area is 144 Å². The van der Waals surface area contributed by atoms with Crippen molar-refractivity contribution in [2.24, 2.45) is 0 Å². The highest BCUT2D eigenvalue weighted by molar-refractivity contribution is 5.78. The summed E-state index contributed by atoms with van der Waals surface area (Å²) < 4.78 is 0. The van der Waals surface area contributed by atoms with Crippen molar-refractivity contribution in [3.8, 4) is 0 Å². The molecular formula is C21H26N2O. The SMILES string of the molecule is C[C@@H](CCc1ccccc1)NC(=O)CN1CCc2ccccc2C1. The Hall–Kier alpha value is -2.13.